The Balaban J connectivity index is 1.74. The lowest BCUT2D eigenvalue weighted by Crippen LogP contribution is -2.17. The summed E-state index contributed by atoms with van der Waals surface area (Å²) in [6.45, 7) is 8.66. The van der Waals surface area contributed by atoms with Crippen molar-refractivity contribution in [3.05, 3.63) is 46.8 Å². The Bertz CT molecular complexity index is 575. The molecule has 0 aliphatic rings. The van der Waals surface area contributed by atoms with Crippen LogP contribution in [0.15, 0.2) is 24.3 Å². The summed E-state index contributed by atoms with van der Waals surface area (Å²) in [6, 6.07) is 7.78. The SMILES string of the molecule is Cc1ccc(O)c(CNCCCn2nc(C)cc2C)c1. The Morgan fingerprint density at radius 3 is 2.70 bits per heavy atom. The largest absolute Gasteiger partial charge is 0.508 e. The van der Waals surface area contributed by atoms with Crippen LogP contribution in [-0.4, -0.2) is 21.4 Å². The molecule has 0 saturated carbocycles. The summed E-state index contributed by atoms with van der Waals surface area (Å²) >= 11 is 0. The topological polar surface area (TPSA) is 50.1 Å². The number of benzene rings is 1. The van der Waals surface area contributed by atoms with Gasteiger partial charge in [0.1, 0.15) is 5.75 Å². The molecule has 0 saturated heterocycles. The van der Waals surface area contributed by atoms with Gasteiger partial charge in [-0.2, -0.15) is 5.10 Å². The Hall–Kier alpha value is -1.81. The highest BCUT2D eigenvalue weighted by Gasteiger charge is 2.02. The van der Waals surface area contributed by atoms with Crippen molar-refractivity contribution in [2.75, 3.05) is 6.54 Å². The van der Waals surface area contributed by atoms with Gasteiger partial charge < -0.3 is 10.4 Å². The molecule has 0 aliphatic carbocycles. The molecular weight excluding hydrogens is 250 g/mol. The quantitative estimate of drug-likeness (QED) is 0.796. The van der Waals surface area contributed by atoms with E-state index in [1.807, 2.05) is 30.7 Å². The summed E-state index contributed by atoms with van der Waals surface area (Å²) in [5.74, 6) is 0.363. The number of nitrogens with one attached hydrogen (secondary N) is 1. The molecule has 0 bridgehead atoms. The van der Waals surface area contributed by atoms with Gasteiger partial charge in [0.05, 0.1) is 5.69 Å². The van der Waals surface area contributed by atoms with Gasteiger partial charge in [0, 0.05) is 24.3 Å². The molecular formula is C16H23N3O. The zero-order valence-corrected chi connectivity index (χ0v) is 12.5. The molecule has 2 rings (SSSR count). The Morgan fingerprint density at radius 1 is 1.20 bits per heavy atom. The summed E-state index contributed by atoms with van der Waals surface area (Å²) < 4.78 is 2.04. The minimum Gasteiger partial charge on any atom is -0.508 e. The van der Waals surface area contributed by atoms with Crippen LogP contribution in [0.2, 0.25) is 0 Å². The third kappa shape index (κ3) is 3.84. The predicted molar refractivity (Wildman–Crippen MR) is 80.9 cm³/mol. The van der Waals surface area contributed by atoms with Gasteiger partial charge in [-0.15, -0.1) is 0 Å². The van der Waals surface area contributed by atoms with Crippen molar-refractivity contribution < 1.29 is 5.11 Å². The van der Waals surface area contributed by atoms with Crippen molar-refractivity contribution in [3.63, 3.8) is 0 Å². The van der Waals surface area contributed by atoms with Crippen molar-refractivity contribution in [2.45, 2.75) is 40.3 Å². The summed E-state index contributed by atoms with van der Waals surface area (Å²) in [5, 5.41) is 17.6. The fraction of sp³-hybridized carbons (Fsp3) is 0.438. The monoisotopic (exact) mass is 273 g/mol. The van der Waals surface area contributed by atoms with Gasteiger partial charge in [-0.25, -0.2) is 0 Å². The number of nitrogens with zero attached hydrogens (tertiary/aromatic N) is 2. The summed E-state index contributed by atoms with van der Waals surface area (Å²) in [5.41, 5.74) is 4.40. The maximum absolute atomic E-state index is 9.75. The van der Waals surface area contributed by atoms with Gasteiger partial charge in [0.15, 0.2) is 0 Å². The van der Waals surface area contributed by atoms with Crippen LogP contribution < -0.4 is 5.32 Å². The number of hydrogen-bond acceptors (Lipinski definition) is 3. The second-order valence-electron chi connectivity index (χ2n) is 5.31. The molecule has 0 fully saturated rings. The Labute approximate surface area is 120 Å². The lowest BCUT2D eigenvalue weighted by Gasteiger charge is -2.08. The normalized spacial score (nSPS) is 10.9. The molecule has 2 aromatic rings. The van der Waals surface area contributed by atoms with Crippen molar-refractivity contribution in [1.82, 2.24) is 15.1 Å². The molecule has 0 aliphatic heterocycles. The van der Waals surface area contributed by atoms with Crippen LogP contribution in [0.5, 0.6) is 5.75 Å². The molecule has 2 N–H and O–H groups in total. The molecule has 0 atom stereocenters. The number of aromatic hydroxyl groups is 1. The second-order valence-corrected chi connectivity index (χ2v) is 5.31. The predicted octanol–water partition coefficient (Wildman–Crippen LogP) is 2.69. The van der Waals surface area contributed by atoms with E-state index in [0.29, 0.717) is 12.3 Å². The molecule has 0 amide bonds. The van der Waals surface area contributed by atoms with Crippen molar-refractivity contribution in [1.29, 1.82) is 0 Å². The average Bonchev–Trinajstić information content (AvgIpc) is 2.71. The number of phenolic OH excluding ortho intramolecular Hbond substituents is 1. The lowest BCUT2D eigenvalue weighted by atomic mass is 10.1. The highest BCUT2D eigenvalue weighted by atomic mass is 16.3. The van der Waals surface area contributed by atoms with Crippen LogP contribution in [0.1, 0.15) is 28.9 Å². The number of aromatic nitrogens is 2. The minimum absolute atomic E-state index is 0.363. The molecule has 4 heteroatoms. The Kier molecular flexibility index (Phi) is 4.79. The smallest absolute Gasteiger partial charge is 0.120 e. The zero-order chi connectivity index (χ0) is 14.5. The van der Waals surface area contributed by atoms with Crippen LogP contribution in [0.4, 0.5) is 0 Å². The fourth-order valence-corrected chi connectivity index (χ4v) is 2.33. The van der Waals surface area contributed by atoms with Crippen LogP contribution in [0, 0.1) is 20.8 Å². The maximum Gasteiger partial charge on any atom is 0.120 e. The van der Waals surface area contributed by atoms with E-state index in [9.17, 15) is 5.11 Å². The lowest BCUT2D eigenvalue weighted by molar-refractivity contribution is 0.462. The number of hydrogen-bond donors (Lipinski definition) is 2. The molecule has 0 spiro atoms. The third-order valence-corrected chi connectivity index (χ3v) is 3.38. The molecule has 1 aromatic heterocycles. The number of aryl methyl sites for hydroxylation is 4. The molecule has 108 valence electrons. The van der Waals surface area contributed by atoms with Gasteiger partial charge in [-0.1, -0.05) is 17.7 Å². The van der Waals surface area contributed by atoms with Gasteiger partial charge in [0.2, 0.25) is 0 Å². The van der Waals surface area contributed by atoms with Crippen LogP contribution >= 0.6 is 0 Å². The van der Waals surface area contributed by atoms with Gasteiger partial charge in [-0.3, -0.25) is 4.68 Å². The van der Waals surface area contributed by atoms with Gasteiger partial charge in [0.25, 0.3) is 0 Å². The summed E-state index contributed by atoms with van der Waals surface area (Å²) in [7, 11) is 0. The highest BCUT2D eigenvalue weighted by Crippen LogP contribution is 2.17. The van der Waals surface area contributed by atoms with Crippen LogP contribution in [0.25, 0.3) is 0 Å². The van der Waals surface area contributed by atoms with E-state index >= 15 is 0 Å². The second kappa shape index (κ2) is 6.57. The van der Waals surface area contributed by atoms with Crippen LogP contribution in [0.3, 0.4) is 0 Å². The first-order valence-corrected chi connectivity index (χ1v) is 7.06. The molecule has 20 heavy (non-hydrogen) atoms. The van der Waals surface area contributed by atoms with E-state index in [1.54, 1.807) is 6.07 Å². The molecule has 4 nitrogen and oxygen atoms in total. The minimum atomic E-state index is 0.363. The fourth-order valence-electron chi connectivity index (χ4n) is 2.33. The van der Waals surface area contributed by atoms with Gasteiger partial charge >= 0.3 is 0 Å². The van der Waals surface area contributed by atoms with E-state index in [-0.39, 0.29) is 0 Å². The Morgan fingerprint density at radius 2 is 2.00 bits per heavy atom. The van der Waals surface area contributed by atoms with Crippen LogP contribution in [-0.2, 0) is 13.1 Å². The number of phenols is 1. The number of rotatable bonds is 6. The van der Waals surface area contributed by atoms with Crippen molar-refractivity contribution >= 4 is 0 Å². The van der Waals surface area contributed by atoms with E-state index in [0.717, 1.165) is 30.8 Å². The third-order valence-electron chi connectivity index (χ3n) is 3.38. The molecule has 0 unspecified atom stereocenters. The zero-order valence-electron chi connectivity index (χ0n) is 12.5. The van der Waals surface area contributed by atoms with Crippen molar-refractivity contribution in [2.24, 2.45) is 0 Å². The average molecular weight is 273 g/mol. The first kappa shape index (κ1) is 14.6. The molecule has 1 aromatic carbocycles. The van der Waals surface area contributed by atoms with E-state index in [1.165, 1.54) is 11.3 Å². The highest BCUT2D eigenvalue weighted by molar-refractivity contribution is 5.35. The van der Waals surface area contributed by atoms with E-state index in [2.05, 4.69) is 23.4 Å². The van der Waals surface area contributed by atoms with Gasteiger partial charge in [-0.05, 0) is 45.9 Å². The van der Waals surface area contributed by atoms with Crippen molar-refractivity contribution in [3.8, 4) is 5.75 Å². The standard InChI is InChI=1S/C16H23N3O/c1-12-5-6-16(20)15(9-12)11-17-7-4-8-19-14(3)10-13(2)18-19/h5-6,9-10,17,20H,4,7-8,11H2,1-3H3. The van der Waals surface area contributed by atoms with E-state index < -0.39 is 0 Å². The summed E-state index contributed by atoms with van der Waals surface area (Å²) in [6.07, 6.45) is 1.02. The first-order valence-electron chi connectivity index (χ1n) is 7.06. The summed E-state index contributed by atoms with van der Waals surface area (Å²) in [4.78, 5) is 0. The molecule has 0 radical (unpaired) electrons. The first-order chi connectivity index (χ1) is 9.56. The molecule has 1 heterocycles. The maximum atomic E-state index is 9.75. The van der Waals surface area contributed by atoms with E-state index in [4.69, 9.17) is 0 Å².